The number of Topliss-reactive ketones (excluding diaryl/α,β-unsaturated/α-hetero) is 1. The van der Waals surface area contributed by atoms with Crippen LogP contribution in [0.3, 0.4) is 0 Å². The topological polar surface area (TPSA) is 129 Å². The monoisotopic (exact) mass is 300 g/mol. The van der Waals surface area contributed by atoms with Gasteiger partial charge in [-0.15, -0.1) is 0 Å². The predicted molar refractivity (Wildman–Crippen MR) is 70.7 cm³/mol. The summed E-state index contributed by atoms with van der Waals surface area (Å²) >= 11 is 0. The van der Waals surface area contributed by atoms with E-state index in [-0.39, 0.29) is 31.1 Å². The van der Waals surface area contributed by atoms with E-state index in [9.17, 15) is 19.2 Å². The minimum Gasteiger partial charge on any atom is -0.481 e. The third kappa shape index (κ3) is 5.17. The summed E-state index contributed by atoms with van der Waals surface area (Å²) < 4.78 is 0. The lowest BCUT2D eigenvalue weighted by atomic mass is 9.70. The number of hydrogen-bond acceptors (Lipinski definition) is 4. The summed E-state index contributed by atoms with van der Waals surface area (Å²) in [7, 11) is 0. The molecule has 7 nitrogen and oxygen atoms in total. The maximum Gasteiger partial charge on any atom is 0.372 e. The van der Waals surface area contributed by atoms with Crippen LogP contribution in [0.5, 0.6) is 0 Å². The first-order valence-corrected chi connectivity index (χ1v) is 7.04. The number of hydrogen-bond donors (Lipinski definition) is 3. The Morgan fingerprint density at radius 2 is 1.67 bits per heavy atom. The maximum atomic E-state index is 11.1. The van der Waals surface area contributed by atoms with Gasteiger partial charge in [0.2, 0.25) is 5.78 Å². The van der Waals surface area contributed by atoms with Crippen molar-refractivity contribution < 1.29 is 34.5 Å². The minimum absolute atomic E-state index is 0.0324. The third-order valence-corrected chi connectivity index (χ3v) is 4.16. The zero-order chi connectivity index (χ0) is 16.0. The molecule has 0 saturated heterocycles. The lowest BCUT2D eigenvalue weighted by Crippen LogP contribution is -2.33. The van der Waals surface area contributed by atoms with Crippen molar-refractivity contribution in [3.05, 3.63) is 0 Å². The molecule has 118 valence electrons. The second-order valence-electron chi connectivity index (χ2n) is 5.52. The van der Waals surface area contributed by atoms with Crippen molar-refractivity contribution in [2.24, 2.45) is 17.8 Å². The Hall–Kier alpha value is -1.92. The standard InChI is InChI=1S/C14H20O7/c15-11(14(20)21)3-1-2-9(12(16)17)5-4-8-6-7-10(8)13(18)19/h8-10H,1-7H2,(H,16,17)(H,18,19)(H,20,21)/t8?,9?,10-/m1/s1. The van der Waals surface area contributed by atoms with E-state index >= 15 is 0 Å². The van der Waals surface area contributed by atoms with E-state index in [1.807, 2.05) is 0 Å². The van der Waals surface area contributed by atoms with E-state index < -0.39 is 29.6 Å². The molecule has 0 aromatic rings. The molecule has 21 heavy (non-hydrogen) atoms. The number of ketones is 1. The van der Waals surface area contributed by atoms with Crippen LogP contribution in [0.1, 0.15) is 44.9 Å². The van der Waals surface area contributed by atoms with Crippen molar-refractivity contribution in [1.29, 1.82) is 0 Å². The summed E-state index contributed by atoms with van der Waals surface area (Å²) in [6, 6.07) is 0. The number of carbonyl (C=O) groups excluding carboxylic acids is 1. The molecule has 7 heteroatoms. The van der Waals surface area contributed by atoms with Gasteiger partial charge in [0.05, 0.1) is 11.8 Å². The molecule has 0 bridgehead atoms. The van der Waals surface area contributed by atoms with E-state index in [4.69, 9.17) is 15.3 Å². The molecule has 0 aromatic heterocycles. The van der Waals surface area contributed by atoms with Gasteiger partial charge in [0.25, 0.3) is 0 Å². The highest BCUT2D eigenvalue weighted by Gasteiger charge is 2.36. The molecule has 1 aliphatic rings. The predicted octanol–water partition coefficient (Wildman–Crippen LogP) is 1.40. The lowest BCUT2D eigenvalue weighted by Gasteiger charge is -2.34. The Labute approximate surface area is 122 Å². The Morgan fingerprint density at radius 3 is 2.10 bits per heavy atom. The summed E-state index contributed by atoms with van der Waals surface area (Å²) in [4.78, 5) is 43.3. The van der Waals surface area contributed by atoms with Gasteiger partial charge in [-0.05, 0) is 44.4 Å². The fourth-order valence-corrected chi connectivity index (χ4v) is 2.66. The number of rotatable bonds is 10. The normalized spacial score (nSPS) is 22.1. The van der Waals surface area contributed by atoms with Gasteiger partial charge in [-0.1, -0.05) is 0 Å². The van der Waals surface area contributed by atoms with E-state index in [2.05, 4.69) is 0 Å². The van der Waals surface area contributed by atoms with Crippen molar-refractivity contribution >= 4 is 23.7 Å². The highest BCUT2D eigenvalue weighted by molar-refractivity contribution is 6.32. The van der Waals surface area contributed by atoms with Crippen LogP contribution in [0.4, 0.5) is 0 Å². The van der Waals surface area contributed by atoms with Crippen LogP contribution >= 0.6 is 0 Å². The van der Waals surface area contributed by atoms with Crippen molar-refractivity contribution in [3.63, 3.8) is 0 Å². The second-order valence-corrected chi connectivity index (χ2v) is 5.52. The summed E-state index contributed by atoms with van der Waals surface area (Å²) in [6.07, 6.45) is 2.64. The second kappa shape index (κ2) is 7.75. The fourth-order valence-electron chi connectivity index (χ4n) is 2.66. The smallest absolute Gasteiger partial charge is 0.372 e. The molecule has 1 saturated carbocycles. The summed E-state index contributed by atoms with van der Waals surface area (Å²) in [5.41, 5.74) is 0. The van der Waals surface area contributed by atoms with Gasteiger partial charge in [-0.25, -0.2) is 4.79 Å². The van der Waals surface area contributed by atoms with Crippen LogP contribution in [0.2, 0.25) is 0 Å². The molecule has 2 unspecified atom stereocenters. The summed E-state index contributed by atoms with van der Waals surface area (Å²) in [6.45, 7) is 0. The highest BCUT2D eigenvalue weighted by Crippen LogP contribution is 2.38. The molecule has 0 heterocycles. The van der Waals surface area contributed by atoms with Crippen molar-refractivity contribution in [2.45, 2.75) is 44.9 Å². The number of aliphatic carboxylic acids is 3. The van der Waals surface area contributed by atoms with Crippen molar-refractivity contribution in [2.75, 3.05) is 0 Å². The van der Waals surface area contributed by atoms with Crippen LogP contribution in [0, 0.1) is 17.8 Å². The Bertz CT molecular complexity index is 429. The van der Waals surface area contributed by atoms with Gasteiger partial charge in [-0.2, -0.15) is 0 Å². The van der Waals surface area contributed by atoms with Gasteiger partial charge in [0, 0.05) is 6.42 Å². The minimum atomic E-state index is -1.50. The number of carboxylic acids is 3. The quantitative estimate of drug-likeness (QED) is 0.520. The van der Waals surface area contributed by atoms with Gasteiger partial charge in [-0.3, -0.25) is 14.4 Å². The van der Waals surface area contributed by atoms with Crippen LogP contribution in [-0.4, -0.2) is 39.0 Å². The van der Waals surface area contributed by atoms with Gasteiger partial charge in [0.1, 0.15) is 0 Å². The number of carbonyl (C=O) groups is 4. The van der Waals surface area contributed by atoms with Crippen molar-refractivity contribution in [3.8, 4) is 0 Å². The molecule has 3 N–H and O–H groups in total. The Morgan fingerprint density at radius 1 is 1.00 bits per heavy atom. The molecule has 0 amide bonds. The van der Waals surface area contributed by atoms with Gasteiger partial charge >= 0.3 is 17.9 Å². The van der Waals surface area contributed by atoms with Gasteiger partial charge < -0.3 is 15.3 Å². The molecular formula is C14H20O7. The lowest BCUT2D eigenvalue weighted by molar-refractivity contribution is -0.149. The average Bonchev–Trinajstić information content (AvgIpc) is 2.34. The van der Waals surface area contributed by atoms with E-state index in [0.717, 1.165) is 6.42 Å². The van der Waals surface area contributed by atoms with Crippen LogP contribution in [0.25, 0.3) is 0 Å². The van der Waals surface area contributed by atoms with Crippen molar-refractivity contribution in [1.82, 2.24) is 0 Å². The fraction of sp³-hybridized carbons (Fsp3) is 0.714. The van der Waals surface area contributed by atoms with Crippen LogP contribution in [-0.2, 0) is 19.2 Å². The zero-order valence-electron chi connectivity index (χ0n) is 11.7. The largest absolute Gasteiger partial charge is 0.481 e. The molecule has 1 aliphatic carbocycles. The molecule has 1 rings (SSSR count). The Kier molecular flexibility index (Phi) is 6.33. The molecule has 0 aromatic carbocycles. The highest BCUT2D eigenvalue weighted by atomic mass is 16.4. The first-order chi connectivity index (χ1) is 9.82. The average molecular weight is 300 g/mol. The zero-order valence-corrected chi connectivity index (χ0v) is 11.7. The molecule has 0 aliphatic heterocycles. The Balaban J connectivity index is 2.34. The van der Waals surface area contributed by atoms with Crippen LogP contribution in [0.15, 0.2) is 0 Å². The summed E-state index contributed by atoms with van der Waals surface area (Å²) in [5.74, 6) is -5.21. The molecular weight excluding hydrogens is 280 g/mol. The van der Waals surface area contributed by atoms with E-state index in [0.29, 0.717) is 19.3 Å². The SMILES string of the molecule is O=C(O)C(=O)CCCC(CCC1CC[C@H]1C(=O)O)C(=O)O. The maximum absolute atomic E-state index is 11.1. The van der Waals surface area contributed by atoms with E-state index in [1.165, 1.54) is 0 Å². The third-order valence-electron chi connectivity index (χ3n) is 4.16. The first-order valence-electron chi connectivity index (χ1n) is 7.04. The van der Waals surface area contributed by atoms with E-state index in [1.54, 1.807) is 0 Å². The summed E-state index contributed by atoms with van der Waals surface area (Å²) in [5, 5.41) is 26.5. The van der Waals surface area contributed by atoms with Crippen LogP contribution < -0.4 is 0 Å². The number of carboxylic acid groups (broad SMARTS) is 3. The molecule has 3 atom stereocenters. The van der Waals surface area contributed by atoms with Gasteiger partial charge in [0.15, 0.2) is 0 Å². The molecule has 0 spiro atoms. The molecule has 0 radical (unpaired) electrons. The molecule has 1 fully saturated rings. The first kappa shape index (κ1) is 17.1.